The van der Waals surface area contributed by atoms with Gasteiger partial charge in [0.05, 0.1) is 0 Å². The van der Waals surface area contributed by atoms with Crippen LogP contribution in [0.25, 0.3) is 5.32 Å². The Bertz CT molecular complexity index is 488. The molecule has 0 bridgehead atoms. The van der Waals surface area contributed by atoms with Gasteiger partial charge in [-0.15, -0.1) is 0 Å². The third-order valence-corrected chi connectivity index (χ3v) is 11.5. The van der Waals surface area contributed by atoms with Crippen LogP contribution in [-0.2, 0) is 18.7 Å². The number of nitrogens with zero attached hydrogens (tertiary/aromatic N) is 1. The number of benzene rings is 1. The van der Waals surface area contributed by atoms with Crippen LogP contribution in [-0.4, -0.2) is 35.6 Å². The van der Waals surface area contributed by atoms with Gasteiger partial charge < -0.3 is 5.32 Å². The van der Waals surface area contributed by atoms with Gasteiger partial charge in [0.15, 0.2) is 0 Å². The van der Waals surface area contributed by atoms with E-state index in [1.807, 2.05) is 34.8 Å². The molecule has 0 atom stereocenters. The Labute approximate surface area is 199 Å². The molecule has 0 aromatic heterocycles. The first kappa shape index (κ1) is 26.4. The Morgan fingerprint density at radius 1 is 0.667 bits per heavy atom. The Morgan fingerprint density at radius 2 is 1.00 bits per heavy atom. The second-order valence-electron chi connectivity index (χ2n) is 9.27. The standard InChI is InChI=1S/C18H33P.C7H6.C2H6N.Pd/c1-4-10-16(11-5-1)19(17-12-6-2-7-13-17)18-14-8-3-9-15-18;1-7-5-3-2-4-6-7;1-3-2;/h16-18H,1-15H2;1-6H;1-2H3;/q;;-1;. The first-order valence-electron chi connectivity index (χ1n) is 12.5. The quantitative estimate of drug-likeness (QED) is 0.279. The molecule has 3 heteroatoms. The molecule has 1 nitrogen and oxygen atoms in total. The molecular weight excluding hydrogens is 476 g/mol. The Hall–Kier alpha value is 0.142. The number of hydrogen-bond donors (Lipinski definition) is 0. The fourth-order valence-corrected chi connectivity index (χ4v) is 10.5. The van der Waals surface area contributed by atoms with Gasteiger partial charge in [0.1, 0.15) is 0 Å². The van der Waals surface area contributed by atoms with Crippen LogP contribution in [0.1, 0.15) is 102 Å². The fourth-order valence-electron chi connectivity index (χ4n) is 5.55. The molecule has 0 radical (unpaired) electrons. The summed E-state index contributed by atoms with van der Waals surface area (Å²) in [6.45, 7) is 0. The van der Waals surface area contributed by atoms with Crippen LogP contribution in [0.5, 0.6) is 0 Å². The van der Waals surface area contributed by atoms with Crippen molar-refractivity contribution in [2.75, 3.05) is 14.1 Å². The molecule has 0 aliphatic heterocycles. The average Bonchev–Trinajstić information content (AvgIpc) is 2.83. The van der Waals surface area contributed by atoms with E-state index in [1.54, 1.807) is 91.1 Å². The fraction of sp³-hybridized carbons (Fsp3) is 0.741. The Kier molecular flexibility index (Phi) is 14.7. The third-order valence-electron chi connectivity index (χ3n) is 6.89. The molecule has 3 saturated carbocycles. The van der Waals surface area contributed by atoms with Crippen molar-refractivity contribution in [2.45, 2.75) is 113 Å². The van der Waals surface area contributed by atoms with Gasteiger partial charge in [0.2, 0.25) is 0 Å². The van der Waals surface area contributed by atoms with Gasteiger partial charge in [-0.1, -0.05) is 65.7 Å². The second kappa shape index (κ2) is 16.7. The summed E-state index contributed by atoms with van der Waals surface area (Å²) in [6, 6.07) is 10.1. The molecule has 174 valence electrons. The summed E-state index contributed by atoms with van der Waals surface area (Å²) < 4.78 is 1.93. The SMILES string of the molecule is C1CCC(P(C2CCCCC2)C2CCCCC2)CC1.C[N-]C.[Pd]=[CH]c1ccccc1. The zero-order valence-electron chi connectivity index (χ0n) is 19.5. The van der Waals surface area contributed by atoms with Crippen LogP contribution < -0.4 is 0 Å². The molecule has 3 fully saturated rings. The van der Waals surface area contributed by atoms with Crippen LogP contribution >= 0.6 is 7.92 Å². The summed E-state index contributed by atoms with van der Waals surface area (Å²) in [5, 5.41) is 3.50. The van der Waals surface area contributed by atoms with E-state index >= 15 is 0 Å². The molecule has 30 heavy (non-hydrogen) atoms. The van der Waals surface area contributed by atoms with Crippen molar-refractivity contribution in [3.05, 3.63) is 41.2 Å². The van der Waals surface area contributed by atoms with E-state index in [0.717, 1.165) is 0 Å². The second-order valence-corrected chi connectivity index (χ2v) is 12.8. The Balaban J connectivity index is 0.000000243. The maximum atomic E-state index is 3.50. The summed E-state index contributed by atoms with van der Waals surface area (Å²) in [6.07, 6.45) is 23.6. The summed E-state index contributed by atoms with van der Waals surface area (Å²) in [5.74, 6) is 0. The van der Waals surface area contributed by atoms with E-state index < -0.39 is 0 Å². The van der Waals surface area contributed by atoms with Gasteiger partial charge in [0.25, 0.3) is 0 Å². The topological polar surface area (TPSA) is 14.1 Å². The molecule has 0 saturated heterocycles. The molecule has 4 rings (SSSR count). The number of rotatable bonds is 4. The predicted molar refractivity (Wildman–Crippen MR) is 134 cm³/mol. The van der Waals surface area contributed by atoms with Gasteiger partial charge in [-0.2, -0.15) is 14.1 Å². The zero-order valence-corrected chi connectivity index (χ0v) is 22.0. The summed E-state index contributed by atoms with van der Waals surface area (Å²) in [5.41, 5.74) is 4.79. The van der Waals surface area contributed by atoms with Crippen LogP contribution in [0.3, 0.4) is 0 Å². The summed E-state index contributed by atoms with van der Waals surface area (Å²) in [4.78, 5) is 0. The van der Waals surface area contributed by atoms with Crippen molar-refractivity contribution in [1.82, 2.24) is 0 Å². The molecule has 3 aliphatic rings. The average molecular weight is 521 g/mol. The van der Waals surface area contributed by atoms with E-state index in [9.17, 15) is 0 Å². The van der Waals surface area contributed by atoms with Crippen LogP contribution in [0.2, 0.25) is 0 Å². The van der Waals surface area contributed by atoms with E-state index in [-0.39, 0.29) is 0 Å². The van der Waals surface area contributed by atoms with Gasteiger partial charge in [0, 0.05) is 0 Å². The van der Waals surface area contributed by atoms with Crippen LogP contribution in [0.4, 0.5) is 0 Å². The van der Waals surface area contributed by atoms with E-state index in [0.29, 0.717) is 7.92 Å². The molecular formula is C27H45NPPd-. The van der Waals surface area contributed by atoms with Crippen molar-refractivity contribution in [2.24, 2.45) is 0 Å². The summed E-state index contributed by atoms with van der Waals surface area (Å²) in [7, 11) is 3.88. The normalized spacial score (nSPS) is 21.2. The van der Waals surface area contributed by atoms with Gasteiger partial charge in [-0.25, -0.2) is 0 Å². The summed E-state index contributed by atoms with van der Waals surface area (Å²) >= 11 is 2.99. The minimum atomic E-state index is 0.385. The van der Waals surface area contributed by atoms with E-state index in [4.69, 9.17) is 0 Å². The third kappa shape index (κ3) is 9.74. The molecule has 0 spiro atoms. The molecule has 0 heterocycles. The maximum absolute atomic E-state index is 3.50. The minimum absolute atomic E-state index is 0.385. The zero-order chi connectivity index (χ0) is 21.4. The van der Waals surface area contributed by atoms with Crippen molar-refractivity contribution >= 4 is 12.4 Å². The monoisotopic (exact) mass is 520 g/mol. The molecule has 3 aliphatic carbocycles. The molecule has 0 amide bonds. The Morgan fingerprint density at radius 3 is 1.27 bits per heavy atom. The molecule has 1 aromatic carbocycles. The first-order valence-corrected chi connectivity index (χ1v) is 14.9. The van der Waals surface area contributed by atoms with Crippen molar-refractivity contribution in [1.29, 1.82) is 0 Å². The van der Waals surface area contributed by atoms with Crippen molar-refractivity contribution < 1.29 is 18.7 Å². The first-order chi connectivity index (χ1) is 14.8. The van der Waals surface area contributed by atoms with E-state index in [1.165, 1.54) is 41.8 Å². The molecule has 0 N–H and O–H groups in total. The van der Waals surface area contributed by atoms with Crippen molar-refractivity contribution in [3.8, 4) is 0 Å². The van der Waals surface area contributed by atoms with Crippen LogP contribution in [0.15, 0.2) is 30.3 Å². The molecule has 0 unspecified atom stereocenters. The molecule has 1 aromatic rings. The predicted octanol–water partition coefficient (Wildman–Crippen LogP) is 8.47. The van der Waals surface area contributed by atoms with Crippen molar-refractivity contribution in [3.63, 3.8) is 0 Å². The van der Waals surface area contributed by atoms with E-state index in [2.05, 4.69) is 24.1 Å². The number of hydrogen-bond acceptors (Lipinski definition) is 0. The van der Waals surface area contributed by atoms with Crippen LogP contribution in [0, 0.1) is 0 Å². The van der Waals surface area contributed by atoms with Gasteiger partial charge in [-0.05, 0) is 55.5 Å². The van der Waals surface area contributed by atoms with Gasteiger partial charge in [-0.3, -0.25) is 0 Å². The van der Waals surface area contributed by atoms with Gasteiger partial charge >= 0.3 is 59.1 Å².